The van der Waals surface area contributed by atoms with Crippen molar-refractivity contribution in [2.75, 3.05) is 13.1 Å². The van der Waals surface area contributed by atoms with Gasteiger partial charge in [-0.15, -0.1) is 0 Å². The molecule has 0 atom stereocenters. The van der Waals surface area contributed by atoms with Crippen LogP contribution in [-0.4, -0.2) is 23.9 Å². The lowest BCUT2D eigenvalue weighted by Crippen LogP contribution is -2.42. The average molecular weight is 229 g/mol. The van der Waals surface area contributed by atoms with Crippen molar-refractivity contribution in [3.63, 3.8) is 0 Å². The van der Waals surface area contributed by atoms with Crippen LogP contribution in [0.15, 0.2) is 24.3 Å². The Balaban J connectivity index is 2.36. The molecule has 0 aliphatic carbocycles. The molecular formula is C11H10F3NO. The Morgan fingerprint density at radius 3 is 2.31 bits per heavy atom. The van der Waals surface area contributed by atoms with Crippen LogP contribution >= 0.6 is 0 Å². The number of halogens is 3. The van der Waals surface area contributed by atoms with Crippen LogP contribution in [0.2, 0.25) is 0 Å². The first-order chi connectivity index (χ1) is 7.50. The molecule has 2 rings (SSSR count). The zero-order valence-electron chi connectivity index (χ0n) is 8.42. The first kappa shape index (κ1) is 11.0. The SMILES string of the molecule is O=C(c1ccccc1C(F)(F)F)N1CCC1. The van der Waals surface area contributed by atoms with E-state index in [9.17, 15) is 18.0 Å². The van der Waals surface area contributed by atoms with E-state index in [0.29, 0.717) is 13.1 Å². The van der Waals surface area contributed by atoms with Gasteiger partial charge in [-0.05, 0) is 18.6 Å². The smallest absolute Gasteiger partial charge is 0.339 e. The fraction of sp³-hybridized carbons (Fsp3) is 0.364. The third-order valence-electron chi connectivity index (χ3n) is 2.61. The number of likely N-dealkylation sites (tertiary alicyclic amines) is 1. The first-order valence-corrected chi connectivity index (χ1v) is 4.95. The van der Waals surface area contributed by atoms with Crippen LogP contribution in [-0.2, 0) is 6.18 Å². The molecule has 2 nitrogen and oxygen atoms in total. The summed E-state index contributed by atoms with van der Waals surface area (Å²) in [4.78, 5) is 13.1. The van der Waals surface area contributed by atoms with E-state index >= 15 is 0 Å². The maximum Gasteiger partial charge on any atom is 0.417 e. The van der Waals surface area contributed by atoms with E-state index in [-0.39, 0.29) is 5.56 Å². The molecule has 1 aliphatic rings. The Hall–Kier alpha value is -1.52. The van der Waals surface area contributed by atoms with Crippen LogP contribution in [0.4, 0.5) is 13.2 Å². The van der Waals surface area contributed by atoms with Crippen molar-refractivity contribution in [2.24, 2.45) is 0 Å². The van der Waals surface area contributed by atoms with E-state index in [1.165, 1.54) is 23.1 Å². The van der Waals surface area contributed by atoms with Gasteiger partial charge in [0.05, 0.1) is 11.1 Å². The molecule has 1 fully saturated rings. The molecule has 0 unspecified atom stereocenters. The normalized spacial score (nSPS) is 15.8. The molecule has 0 radical (unpaired) electrons. The van der Waals surface area contributed by atoms with Gasteiger partial charge in [0.25, 0.3) is 5.91 Å². The summed E-state index contributed by atoms with van der Waals surface area (Å²) in [7, 11) is 0. The molecule has 1 heterocycles. The minimum atomic E-state index is -4.48. The number of nitrogens with zero attached hydrogens (tertiary/aromatic N) is 1. The van der Waals surface area contributed by atoms with Gasteiger partial charge in [-0.25, -0.2) is 0 Å². The summed E-state index contributed by atoms with van der Waals surface area (Å²) < 4.78 is 37.9. The second-order valence-corrected chi connectivity index (χ2v) is 3.69. The largest absolute Gasteiger partial charge is 0.417 e. The maximum absolute atomic E-state index is 12.6. The van der Waals surface area contributed by atoms with Crippen molar-refractivity contribution >= 4 is 5.91 Å². The molecule has 16 heavy (non-hydrogen) atoms. The number of carbonyl (C=O) groups excluding carboxylic acids is 1. The highest BCUT2D eigenvalue weighted by atomic mass is 19.4. The fourth-order valence-electron chi connectivity index (χ4n) is 1.61. The molecule has 1 saturated heterocycles. The van der Waals surface area contributed by atoms with Gasteiger partial charge >= 0.3 is 6.18 Å². The second-order valence-electron chi connectivity index (χ2n) is 3.69. The fourth-order valence-corrected chi connectivity index (χ4v) is 1.61. The average Bonchev–Trinajstić information content (AvgIpc) is 2.13. The lowest BCUT2D eigenvalue weighted by atomic mass is 10.0. The molecule has 5 heteroatoms. The van der Waals surface area contributed by atoms with Crippen molar-refractivity contribution in [2.45, 2.75) is 12.6 Å². The number of carbonyl (C=O) groups is 1. The quantitative estimate of drug-likeness (QED) is 0.724. The van der Waals surface area contributed by atoms with Gasteiger partial charge in [0, 0.05) is 13.1 Å². The van der Waals surface area contributed by atoms with Crippen LogP contribution in [0.25, 0.3) is 0 Å². The number of hydrogen-bond acceptors (Lipinski definition) is 1. The summed E-state index contributed by atoms with van der Waals surface area (Å²) in [6.07, 6.45) is -3.61. The minimum absolute atomic E-state index is 0.255. The molecule has 1 aromatic carbocycles. The lowest BCUT2D eigenvalue weighted by molar-refractivity contribution is -0.138. The Labute approximate surface area is 90.7 Å². The predicted molar refractivity (Wildman–Crippen MR) is 52.0 cm³/mol. The van der Waals surface area contributed by atoms with Gasteiger partial charge in [-0.3, -0.25) is 4.79 Å². The highest BCUT2D eigenvalue weighted by Gasteiger charge is 2.36. The van der Waals surface area contributed by atoms with Crippen LogP contribution in [0.5, 0.6) is 0 Å². The Morgan fingerprint density at radius 1 is 1.19 bits per heavy atom. The third kappa shape index (κ3) is 1.89. The molecule has 1 amide bonds. The van der Waals surface area contributed by atoms with Crippen molar-refractivity contribution in [1.82, 2.24) is 4.90 Å². The van der Waals surface area contributed by atoms with Gasteiger partial charge in [0.2, 0.25) is 0 Å². The summed E-state index contributed by atoms with van der Waals surface area (Å²) in [6.45, 7) is 1.09. The van der Waals surface area contributed by atoms with E-state index in [4.69, 9.17) is 0 Å². The summed E-state index contributed by atoms with van der Waals surface area (Å²) in [6, 6.07) is 4.90. The van der Waals surface area contributed by atoms with Gasteiger partial charge in [0.15, 0.2) is 0 Å². The molecule has 0 aromatic heterocycles. The summed E-state index contributed by atoms with van der Waals surface area (Å²) in [5, 5.41) is 0. The first-order valence-electron chi connectivity index (χ1n) is 4.95. The Bertz CT molecular complexity index is 410. The van der Waals surface area contributed by atoms with E-state index in [1.807, 2.05) is 0 Å². The van der Waals surface area contributed by atoms with E-state index in [0.717, 1.165) is 12.5 Å². The molecule has 86 valence electrons. The predicted octanol–water partition coefficient (Wildman–Crippen LogP) is 2.55. The third-order valence-corrected chi connectivity index (χ3v) is 2.61. The van der Waals surface area contributed by atoms with E-state index in [2.05, 4.69) is 0 Å². The van der Waals surface area contributed by atoms with Crippen LogP contribution < -0.4 is 0 Å². The van der Waals surface area contributed by atoms with Crippen molar-refractivity contribution in [3.05, 3.63) is 35.4 Å². The van der Waals surface area contributed by atoms with E-state index in [1.54, 1.807) is 0 Å². The van der Waals surface area contributed by atoms with Crippen LogP contribution in [0.3, 0.4) is 0 Å². The zero-order valence-corrected chi connectivity index (χ0v) is 8.42. The molecule has 0 bridgehead atoms. The van der Waals surface area contributed by atoms with E-state index < -0.39 is 17.6 Å². The second kappa shape index (κ2) is 3.81. The zero-order chi connectivity index (χ0) is 11.8. The molecular weight excluding hydrogens is 219 g/mol. The lowest BCUT2D eigenvalue weighted by Gasteiger charge is -2.31. The Kier molecular flexibility index (Phi) is 2.61. The summed E-state index contributed by atoms with van der Waals surface area (Å²) >= 11 is 0. The standard InChI is InChI=1S/C11H10F3NO/c12-11(13,14)9-5-2-1-4-8(9)10(16)15-6-3-7-15/h1-2,4-5H,3,6-7H2. The van der Waals surface area contributed by atoms with Crippen LogP contribution in [0, 0.1) is 0 Å². The maximum atomic E-state index is 12.6. The van der Waals surface area contributed by atoms with Crippen molar-refractivity contribution < 1.29 is 18.0 Å². The van der Waals surface area contributed by atoms with Crippen molar-refractivity contribution in [1.29, 1.82) is 0 Å². The highest BCUT2D eigenvalue weighted by Crippen LogP contribution is 2.32. The number of alkyl halides is 3. The number of rotatable bonds is 1. The molecule has 0 N–H and O–H groups in total. The topological polar surface area (TPSA) is 20.3 Å². The van der Waals surface area contributed by atoms with Gasteiger partial charge in [0.1, 0.15) is 0 Å². The Morgan fingerprint density at radius 2 is 1.81 bits per heavy atom. The van der Waals surface area contributed by atoms with Gasteiger partial charge in [-0.2, -0.15) is 13.2 Å². The number of benzene rings is 1. The summed E-state index contributed by atoms with van der Waals surface area (Å²) in [5.41, 5.74) is -1.11. The number of amides is 1. The van der Waals surface area contributed by atoms with Gasteiger partial charge in [-0.1, -0.05) is 12.1 Å². The molecule has 0 saturated carbocycles. The monoisotopic (exact) mass is 229 g/mol. The van der Waals surface area contributed by atoms with Crippen LogP contribution in [0.1, 0.15) is 22.3 Å². The minimum Gasteiger partial charge on any atom is -0.339 e. The van der Waals surface area contributed by atoms with Crippen molar-refractivity contribution in [3.8, 4) is 0 Å². The molecule has 1 aromatic rings. The summed E-state index contributed by atoms with van der Waals surface area (Å²) in [5.74, 6) is -0.529. The molecule has 0 spiro atoms. The molecule has 1 aliphatic heterocycles. The number of hydrogen-bond donors (Lipinski definition) is 0. The highest BCUT2D eigenvalue weighted by molar-refractivity contribution is 5.96. The van der Waals surface area contributed by atoms with Gasteiger partial charge < -0.3 is 4.90 Å².